The third kappa shape index (κ3) is 4.89. The van der Waals surface area contributed by atoms with E-state index >= 15 is 0 Å². The van der Waals surface area contributed by atoms with E-state index in [1.165, 1.54) is 27.8 Å². The maximum Gasteiger partial charge on any atom is 0.359 e. The number of anilines is 2. The van der Waals surface area contributed by atoms with E-state index in [1.54, 1.807) is 29.6 Å². The lowest BCUT2D eigenvalue weighted by atomic mass is 10.1. The Morgan fingerprint density at radius 2 is 1.74 bits per heavy atom. The second-order valence-corrected chi connectivity index (χ2v) is 9.00. The maximum absolute atomic E-state index is 13.0. The van der Waals surface area contributed by atoms with Crippen LogP contribution in [0.2, 0.25) is 0 Å². The van der Waals surface area contributed by atoms with E-state index < -0.39 is 5.97 Å². The Kier molecular flexibility index (Phi) is 6.83. The van der Waals surface area contributed by atoms with E-state index in [1.807, 2.05) is 44.2 Å². The zero-order valence-electron chi connectivity index (χ0n) is 19.1. The zero-order chi connectivity index (χ0) is 24.2. The highest BCUT2D eigenvalue weighted by Gasteiger charge is 2.21. The highest BCUT2D eigenvalue weighted by molar-refractivity contribution is 7.14. The summed E-state index contributed by atoms with van der Waals surface area (Å²) in [5.74, 6) is -0.639. The van der Waals surface area contributed by atoms with Crippen molar-refractivity contribution in [3.05, 3.63) is 81.7 Å². The number of amides is 1. The van der Waals surface area contributed by atoms with Crippen molar-refractivity contribution in [3.63, 3.8) is 0 Å². The van der Waals surface area contributed by atoms with E-state index in [0.29, 0.717) is 33.8 Å². The molecule has 0 radical (unpaired) electrons. The van der Waals surface area contributed by atoms with Crippen molar-refractivity contribution in [3.8, 4) is 0 Å². The monoisotopic (exact) mass is 476 g/mol. The van der Waals surface area contributed by atoms with Gasteiger partial charge < -0.3 is 4.74 Å². The largest absolute Gasteiger partial charge is 0.454 e. The fraction of sp³-hybridized carbons (Fsp3) is 0.240. The highest BCUT2D eigenvalue weighted by atomic mass is 32.1. The Hall–Kier alpha value is -3.85. The standard InChI is InChI=1S/C25H24N4O4S/c1-16(2)13-28-23(31)21-12-8-7-11-20(21)22(27-28)24(32)33-14-18-15-34-25(26-18)29(17(3)30)19-9-5-4-6-10-19/h4-12,15-16H,13-14H2,1-3H3. The van der Waals surface area contributed by atoms with Gasteiger partial charge in [-0.25, -0.2) is 14.5 Å². The summed E-state index contributed by atoms with van der Waals surface area (Å²) in [6.07, 6.45) is 0. The third-order valence-corrected chi connectivity index (χ3v) is 5.89. The van der Waals surface area contributed by atoms with Crippen LogP contribution in [0.25, 0.3) is 10.8 Å². The second kappa shape index (κ2) is 9.96. The molecule has 0 bridgehead atoms. The number of para-hydroxylation sites is 1. The van der Waals surface area contributed by atoms with Crippen LogP contribution in [-0.2, 0) is 22.7 Å². The van der Waals surface area contributed by atoms with E-state index in [0.717, 1.165) is 0 Å². The highest BCUT2D eigenvalue weighted by Crippen LogP contribution is 2.29. The summed E-state index contributed by atoms with van der Waals surface area (Å²) in [6.45, 7) is 5.72. The lowest BCUT2D eigenvalue weighted by Crippen LogP contribution is -2.28. The number of benzene rings is 2. The number of hydrogen-bond donors (Lipinski definition) is 0. The van der Waals surface area contributed by atoms with Crippen LogP contribution in [0.5, 0.6) is 0 Å². The van der Waals surface area contributed by atoms with Gasteiger partial charge in [0.1, 0.15) is 6.61 Å². The van der Waals surface area contributed by atoms with Crippen molar-refractivity contribution < 1.29 is 14.3 Å². The Balaban J connectivity index is 1.57. The lowest BCUT2D eigenvalue weighted by molar-refractivity contribution is -0.115. The van der Waals surface area contributed by atoms with Gasteiger partial charge in [0.05, 0.1) is 16.8 Å². The molecule has 0 fully saturated rings. The summed E-state index contributed by atoms with van der Waals surface area (Å²) in [5.41, 5.74) is 1.06. The molecule has 4 aromatic rings. The third-order valence-electron chi connectivity index (χ3n) is 5.01. The van der Waals surface area contributed by atoms with Gasteiger partial charge in [-0.3, -0.25) is 14.5 Å². The van der Waals surface area contributed by atoms with Crippen molar-refractivity contribution in [1.29, 1.82) is 0 Å². The van der Waals surface area contributed by atoms with Gasteiger partial charge in [-0.05, 0) is 24.1 Å². The van der Waals surface area contributed by atoms with E-state index in [4.69, 9.17) is 4.74 Å². The van der Waals surface area contributed by atoms with E-state index in [9.17, 15) is 14.4 Å². The second-order valence-electron chi connectivity index (χ2n) is 8.16. The van der Waals surface area contributed by atoms with Crippen molar-refractivity contribution in [2.45, 2.75) is 33.9 Å². The van der Waals surface area contributed by atoms with Gasteiger partial charge in [-0.2, -0.15) is 5.10 Å². The molecule has 34 heavy (non-hydrogen) atoms. The minimum absolute atomic E-state index is 0.0842. The van der Waals surface area contributed by atoms with Crippen LogP contribution in [0.1, 0.15) is 37.0 Å². The first-order valence-electron chi connectivity index (χ1n) is 10.8. The molecule has 0 unspecified atom stereocenters. The van der Waals surface area contributed by atoms with Gasteiger partial charge in [0.15, 0.2) is 10.8 Å². The molecule has 0 saturated carbocycles. The van der Waals surface area contributed by atoms with Crippen molar-refractivity contribution in [2.24, 2.45) is 5.92 Å². The number of hydrogen-bond acceptors (Lipinski definition) is 7. The van der Waals surface area contributed by atoms with Crippen LogP contribution in [0, 0.1) is 5.92 Å². The number of nitrogens with zero attached hydrogens (tertiary/aromatic N) is 4. The Labute approximate surface area is 200 Å². The molecule has 0 saturated heterocycles. The molecule has 174 valence electrons. The molecule has 2 aromatic carbocycles. The molecular weight excluding hydrogens is 452 g/mol. The number of thiazole rings is 1. The fourth-order valence-corrected chi connectivity index (χ4v) is 4.40. The first kappa shape index (κ1) is 23.3. The molecule has 9 heteroatoms. The molecule has 1 amide bonds. The van der Waals surface area contributed by atoms with Crippen molar-refractivity contribution >= 4 is 44.8 Å². The van der Waals surface area contributed by atoms with Gasteiger partial charge in [0.25, 0.3) is 5.56 Å². The zero-order valence-corrected chi connectivity index (χ0v) is 19.9. The van der Waals surface area contributed by atoms with Gasteiger partial charge >= 0.3 is 5.97 Å². The minimum atomic E-state index is -0.644. The molecule has 2 heterocycles. The average Bonchev–Trinajstić information content (AvgIpc) is 3.28. The Morgan fingerprint density at radius 3 is 2.41 bits per heavy atom. The molecule has 0 N–H and O–H groups in total. The van der Waals surface area contributed by atoms with Crippen LogP contribution < -0.4 is 10.5 Å². The SMILES string of the molecule is CC(=O)N(c1ccccc1)c1nc(COC(=O)c2nn(CC(C)C)c(=O)c3ccccc23)cs1. The first-order chi connectivity index (χ1) is 16.3. The van der Waals surface area contributed by atoms with Gasteiger partial charge in [-0.15, -0.1) is 11.3 Å². The maximum atomic E-state index is 13.0. The van der Waals surface area contributed by atoms with Crippen LogP contribution in [-0.4, -0.2) is 26.6 Å². The molecule has 0 spiro atoms. The summed E-state index contributed by atoms with van der Waals surface area (Å²) in [4.78, 5) is 43.9. The Bertz CT molecular complexity index is 1400. The molecule has 8 nitrogen and oxygen atoms in total. The van der Waals surface area contributed by atoms with E-state index in [2.05, 4.69) is 10.1 Å². The quantitative estimate of drug-likeness (QED) is 0.363. The normalized spacial score (nSPS) is 11.1. The summed E-state index contributed by atoms with van der Waals surface area (Å²) < 4.78 is 6.82. The van der Waals surface area contributed by atoms with Crippen molar-refractivity contribution in [2.75, 3.05) is 4.90 Å². The topological polar surface area (TPSA) is 94.4 Å². The minimum Gasteiger partial charge on any atom is -0.454 e. The summed E-state index contributed by atoms with van der Waals surface area (Å²) >= 11 is 1.28. The predicted molar refractivity (Wildman–Crippen MR) is 131 cm³/mol. The van der Waals surface area contributed by atoms with Crippen LogP contribution in [0.3, 0.4) is 0 Å². The molecule has 0 aliphatic heterocycles. The summed E-state index contributed by atoms with van der Waals surface area (Å²) in [7, 11) is 0. The molecule has 0 atom stereocenters. The number of carbonyl (C=O) groups is 2. The van der Waals surface area contributed by atoms with Crippen molar-refractivity contribution in [1.82, 2.24) is 14.8 Å². The summed E-state index contributed by atoms with van der Waals surface area (Å²) in [6, 6.07) is 16.1. The number of ether oxygens (including phenoxy) is 1. The molecule has 4 rings (SSSR count). The fourth-order valence-electron chi connectivity index (χ4n) is 3.53. The molecular formula is C25H24N4O4S. The number of esters is 1. The molecule has 0 aliphatic carbocycles. The Morgan fingerprint density at radius 1 is 1.06 bits per heavy atom. The number of carbonyl (C=O) groups excluding carboxylic acids is 2. The number of rotatable bonds is 7. The molecule has 0 aliphatic rings. The average molecular weight is 477 g/mol. The molecule has 2 aromatic heterocycles. The first-order valence-corrected chi connectivity index (χ1v) is 11.7. The van der Waals surface area contributed by atoms with E-state index in [-0.39, 0.29) is 29.7 Å². The predicted octanol–water partition coefficient (Wildman–Crippen LogP) is 4.55. The summed E-state index contributed by atoms with van der Waals surface area (Å²) in [5, 5.41) is 7.40. The van der Waals surface area contributed by atoms with Crippen LogP contribution >= 0.6 is 11.3 Å². The van der Waals surface area contributed by atoms with Crippen LogP contribution in [0.15, 0.2) is 64.8 Å². The number of aromatic nitrogens is 3. The number of fused-ring (bicyclic) bond motifs is 1. The van der Waals surface area contributed by atoms with Gasteiger partial charge in [0, 0.05) is 24.2 Å². The lowest BCUT2D eigenvalue weighted by Gasteiger charge is -2.17. The van der Waals surface area contributed by atoms with Gasteiger partial charge in [-0.1, -0.05) is 50.2 Å². The van der Waals surface area contributed by atoms with Gasteiger partial charge in [0.2, 0.25) is 5.91 Å². The van der Waals surface area contributed by atoms with Crippen LogP contribution in [0.4, 0.5) is 10.8 Å². The smallest absolute Gasteiger partial charge is 0.359 e.